The second-order valence-corrected chi connectivity index (χ2v) is 5.02. The summed E-state index contributed by atoms with van der Waals surface area (Å²) in [5.41, 5.74) is 2.12. The topological polar surface area (TPSA) is 57.6 Å². The lowest BCUT2D eigenvalue weighted by Crippen LogP contribution is -2.42. The molecule has 0 heterocycles. The molecule has 1 N–H and O–H groups in total. The van der Waals surface area contributed by atoms with Gasteiger partial charge in [0.1, 0.15) is 6.54 Å². The van der Waals surface area contributed by atoms with Gasteiger partial charge in [-0.25, -0.2) is 0 Å². The van der Waals surface area contributed by atoms with Gasteiger partial charge >= 0.3 is 5.97 Å². The molecule has 1 rings (SSSR count). The van der Waals surface area contributed by atoms with Gasteiger partial charge in [0.25, 0.3) is 0 Å². The van der Waals surface area contributed by atoms with Gasteiger partial charge in [0.05, 0.1) is 6.42 Å². The lowest BCUT2D eigenvalue weighted by molar-refractivity contribution is -0.145. The minimum absolute atomic E-state index is 0.0621. The molecule has 20 heavy (non-hydrogen) atoms. The Labute approximate surface area is 120 Å². The second kappa shape index (κ2) is 7.68. The standard InChI is InChI=1S/C16H23NO3/c1-4-12(3)17(11-16(19)20)15(18)10-14-8-6-7-13(5-2)9-14/h6-9,12H,4-5,10-11H2,1-3H3,(H,19,20). The fourth-order valence-electron chi connectivity index (χ4n) is 2.09. The van der Waals surface area contributed by atoms with Gasteiger partial charge < -0.3 is 10.0 Å². The van der Waals surface area contributed by atoms with Crippen molar-refractivity contribution >= 4 is 11.9 Å². The highest BCUT2D eigenvalue weighted by Gasteiger charge is 2.21. The molecule has 1 aromatic rings. The SMILES string of the molecule is CCc1cccc(CC(=O)N(CC(=O)O)C(C)CC)c1. The van der Waals surface area contributed by atoms with E-state index < -0.39 is 5.97 Å². The molecule has 0 saturated carbocycles. The van der Waals surface area contributed by atoms with Gasteiger partial charge in [-0.05, 0) is 30.9 Å². The van der Waals surface area contributed by atoms with E-state index in [-0.39, 0.29) is 24.9 Å². The van der Waals surface area contributed by atoms with Crippen molar-refractivity contribution in [1.29, 1.82) is 0 Å². The molecule has 1 atom stereocenters. The van der Waals surface area contributed by atoms with Crippen molar-refractivity contribution in [3.05, 3.63) is 35.4 Å². The average Bonchev–Trinajstić information content (AvgIpc) is 2.43. The summed E-state index contributed by atoms with van der Waals surface area (Å²) in [7, 11) is 0. The number of amides is 1. The summed E-state index contributed by atoms with van der Waals surface area (Å²) in [6.45, 7) is 5.66. The monoisotopic (exact) mass is 277 g/mol. The lowest BCUT2D eigenvalue weighted by atomic mass is 10.1. The first-order chi connectivity index (χ1) is 9.47. The Morgan fingerprint density at radius 3 is 2.45 bits per heavy atom. The predicted molar refractivity (Wildman–Crippen MR) is 78.6 cm³/mol. The highest BCUT2D eigenvalue weighted by molar-refractivity contribution is 5.83. The average molecular weight is 277 g/mol. The van der Waals surface area contributed by atoms with Crippen LogP contribution in [0.1, 0.15) is 38.3 Å². The highest BCUT2D eigenvalue weighted by atomic mass is 16.4. The Kier molecular flexibility index (Phi) is 6.22. The van der Waals surface area contributed by atoms with Crippen molar-refractivity contribution in [2.75, 3.05) is 6.54 Å². The van der Waals surface area contributed by atoms with Crippen molar-refractivity contribution in [3.8, 4) is 0 Å². The number of hydrogen-bond acceptors (Lipinski definition) is 2. The van der Waals surface area contributed by atoms with Crippen LogP contribution in [0.4, 0.5) is 0 Å². The summed E-state index contributed by atoms with van der Waals surface area (Å²) < 4.78 is 0. The van der Waals surface area contributed by atoms with Crippen LogP contribution in [0.3, 0.4) is 0 Å². The fourth-order valence-corrected chi connectivity index (χ4v) is 2.09. The normalized spacial score (nSPS) is 11.9. The van der Waals surface area contributed by atoms with E-state index in [0.717, 1.165) is 18.4 Å². The summed E-state index contributed by atoms with van der Waals surface area (Å²) in [6, 6.07) is 7.82. The first kappa shape index (κ1) is 16.2. The van der Waals surface area contributed by atoms with Crippen LogP contribution in [0.25, 0.3) is 0 Å². The second-order valence-electron chi connectivity index (χ2n) is 5.02. The highest BCUT2D eigenvalue weighted by Crippen LogP contribution is 2.11. The molecular weight excluding hydrogens is 254 g/mol. The molecule has 0 fully saturated rings. The van der Waals surface area contributed by atoms with Crippen LogP contribution in [-0.2, 0) is 22.4 Å². The third-order valence-corrected chi connectivity index (χ3v) is 3.50. The lowest BCUT2D eigenvalue weighted by Gasteiger charge is -2.27. The first-order valence-corrected chi connectivity index (χ1v) is 7.07. The van der Waals surface area contributed by atoms with E-state index in [0.29, 0.717) is 0 Å². The zero-order valence-electron chi connectivity index (χ0n) is 12.4. The van der Waals surface area contributed by atoms with Crippen molar-refractivity contribution in [1.82, 2.24) is 4.90 Å². The number of carbonyl (C=O) groups is 2. The largest absolute Gasteiger partial charge is 0.480 e. The van der Waals surface area contributed by atoms with Gasteiger partial charge in [0, 0.05) is 6.04 Å². The third kappa shape index (κ3) is 4.68. The minimum atomic E-state index is -0.971. The van der Waals surface area contributed by atoms with Crippen LogP contribution in [0.15, 0.2) is 24.3 Å². The molecular formula is C16H23NO3. The Balaban J connectivity index is 2.81. The summed E-state index contributed by atoms with van der Waals surface area (Å²) in [5, 5.41) is 8.93. The smallest absolute Gasteiger partial charge is 0.323 e. The Morgan fingerprint density at radius 2 is 1.90 bits per heavy atom. The van der Waals surface area contributed by atoms with E-state index in [1.54, 1.807) is 0 Å². The van der Waals surface area contributed by atoms with E-state index >= 15 is 0 Å². The van der Waals surface area contributed by atoms with Crippen LogP contribution in [0.2, 0.25) is 0 Å². The Morgan fingerprint density at radius 1 is 1.25 bits per heavy atom. The molecule has 0 aliphatic rings. The maximum Gasteiger partial charge on any atom is 0.323 e. The molecule has 0 bridgehead atoms. The molecule has 1 aromatic carbocycles. The number of hydrogen-bond donors (Lipinski definition) is 1. The van der Waals surface area contributed by atoms with Gasteiger partial charge in [-0.2, -0.15) is 0 Å². The number of carbonyl (C=O) groups excluding carboxylic acids is 1. The first-order valence-electron chi connectivity index (χ1n) is 7.07. The van der Waals surface area contributed by atoms with Crippen molar-refractivity contribution in [2.24, 2.45) is 0 Å². The molecule has 0 aliphatic heterocycles. The van der Waals surface area contributed by atoms with Crippen LogP contribution in [0.5, 0.6) is 0 Å². The zero-order valence-corrected chi connectivity index (χ0v) is 12.4. The van der Waals surface area contributed by atoms with Crippen LogP contribution in [-0.4, -0.2) is 34.5 Å². The van der Waals surface area contributed by atoms with Gasteiger partial charge in [-0.1, -0.05) is 38.1 Å². The Bertz CT molecular complexity index is 471. The van der Waals surface area contributed by atoms with E-state index in [2.05, 4.69) is 6.92 Å². The van der Waals surface area contributed by atoms with E-state index in [1.807, 2.05) is 38.1 Å². The third-order valence-electron chi connectivity index (χ3n) is 3.50. The van der Waals surface area contributed by atoms with E-state index in [4.69, 9.17) is 5.11 Å². The van der Waals surface area contributed by atoms with Crippen molar-refractivity contribution in [3.63, 3.8) is 0 Å². The quantitative estimate of drug-likeness (QED) is 0.833. The summed E-state index contributed by atoms with van der Waals surface area (Å²) in [5.74, 6) is -1.10. The van der Waals surface area contributed by atoms with Crippen molar-refractivity contribution < 1.29 is 14.7 Å². The van der Waals surface area contributed by atoms with Gasteiger partial charge in [0.2, 0.25) is 5.91 Å². The number of aliphatic carboxylic acids is 1. The van der Waals surface area contributed by atoms with E-state index in [9.17, 15) is 9.59 Å². The van der Waals surface area contributed by atoms with Gasteiger partial charge in [-0.15, -0.1) is 0 Å². The maximum absolute atomic E-state index is 12.3. The molecule has 4 nitrogen and oxygen atoms in total. The molecule has 0 radical (unpaired) electrons. The molecule has 0 aliphatic carbocycles. The number of carboxylic acids is 1. The molecule has 1 unspecified atom stereocenters. The Hall–Kier alpha value is -1.84. The van der Waals surface area contributed by atoms with Crippen LogP contribution in [0, 0.1) is 0 Å². The maximum atomic E-state index is 12.3. The van der Waals surface area contributed by atoms with Crippen LogP contribution < -0.4 is 0 Å². The van der Waals surface area contributed by atoms with Gasteiger partial charge in [-0.3, -0.25) is 9.59 Å². The van der Waals surface area contributed by atoms with Gasteiger partial charge in [0.15, 0.2) is 0 Å². The fraction of sp³-hybridized carbons (Fsp3) is 0.500. The molecule has 0 aromatic heterocycles. The number of aryl methyl sites for hydroxylation is 1. The summed E-state index contributed by atoms with van der Waals surface area (Å²) in [6.07, 6.45) is 1.92. The molecule has 1 amide bonds. The number of carboxylic acid groups (broad SMARTS) is 1. The number of rotatable bonds is 7. The summed E-state index contributed by atoms with van der Waals surface area (Å²) in [4.78, 5) is 24.6. The number of nitrogens with zero attached hydrogens (tertiary/aromatic N) is 1. The minimum Gasteiger partial charge on any atom is -0.480 e. The molecule has 0 saturated heterocycles. The number of benzene rings is 1. The molecule has 110 valence electrons. The van der Waals surface area contributed by atoms with Crippen molar-refractivity contribution in [2.45, 2.75) is 46.1 Å². The molecule has 4 heteroatoms. The van der Waals surface area contributed by atoms with E-state index in [1.165, 1.54) is 10.5 Å². The van der Waals surface area contributed by atoms with Crippen LogP contribution >= 0.6 is 0 Å². The predicted octanol–water partition coefficient (Wildman–Crippen LogP) is 2.50. The molecule has 0 spiro atoms. The zero-order chi connectivity index (χ0) is 15.1. The summed E-state index contributed by atoms with van der Waals surface area (Å²) >= 11 is 0.